The average molecular weight is 489 g/mol. The summed E-state index contributed by atoms with van der Waals surface area (Å²) in [5.41, 5.74) is 2.11. The van der Waals surface area contributed by atoms with E-state index in [1.54, 1.807) is 12.3 Å². The van der Waals surface area contributed by atoms with Gasteiger partial charge in [0.2, 0.25) is 11.9 Å². The number of pyridine rings is 1. The summed E-state index contributed by atoms with van der Waals surface area (Å²) in [7, 11) is 0. The lowest BCUT2D eigenvalue weighted by Crippen LogP contribution is -2.38. The van der Waals surface area contributed by atoms with Crippen molar-refractivity contribution in [3.8, 4) is 5.69 Å². The number of para-hydroxylation sites is 1. The van der Waals surface area contributed by atoms with Crippen LogP contribution in [-0.4, -0.2) is 57.7 Å². The van der Waals surface area contributed by atoms with Crippen LogP contribution in [0.25, 0.3) is 5.69 Å². The van der Waals surface area contributed by atoms with Gasteiger partial charge in [-0.2, -0.15) is 0 Å². The third kappa shape index (κ3) is 4.82. The highest BCUT2D eigenvalue weighted by Gasteiger charge is 2.23. The summed E-state index contributed by atoms with van der Waals surface area (Å²) < 4.78 is 8.36. The molecule has 1 fully saturated rings. The van der Waals surface area contributed by atoms with Gasteiger partial charge in [-0.1, -0.05) is 30.0 Å². The number of hydrogen-bond donors (Lipinski definition) is 1. The highest BCUT2D eigenvalue weighted by molar-refractivity contribution is 9.10. The molecule has 3 heterocycles. The molecule has 8 nitrogen and oxygen atoms in total. The van der Waals surface area contributed by atoms with Crippen molar-refractivity contribution in [3.05, 3.63) is 52.6 Å². The number of hydrogen-bond acceptors (Lipinski definition) is 7. The molecule has 0 bridgehead atoms. The van der Waals surface area contributed by atoms with Crippen molar-refractivity contribution in [1.29, 1.82) is 0 Å². The summed E-state index contributed by atoms with van der Waals surface area (Å²) in [6, 6.07) is 11.7. The van der Waals surface area contributed by atoms with Crippen molar-refractivity contribution >= 4 is 45.4 Å². The first-order chi connectivity index (χ1) is 14.6. The molecule has 0 aliphatic carbocycles. The minimum atomic E-state index is -0.151. The third-order valence-electron chi connectivity index (χ3n) is 4.59. The zero-order valence-electron chi connectivity index (χ0n) is 16.4. The van der Waals surface area contributed by atoms with Gasteiger partial charge in [-0.15, -0.1) is 10.2 Å². The van der Waals surface area contributed by atoms with Crippen LogP contribution in [0.4, 0.5) is 11.8 Å². The first-order valence-electron chi connectivity index (χ1n) is 9.50. The van der Waals surface area contributed by atoms with E-state index in [9.17, 15) is 4.79 Å². The Bertz CT molecular complexity index is 1020. The maximum Gasteiger partial charge on any atom is 0.236 e. The normalized spacial score (nSPS) is 14.0. The van der Waals surface area contributed by atoms with E-state index in [1.807, 2.05) is 28.8 Å². The molecule has 4 rings (SSSR count). The Morgan fingerprint density at radius 2 is 2.00 bits per heavy atom. The molecule has 1 amide bonds. The Kier molecular flexibility index (Phi) is 6.66. The quantitative estimate of drug-likeness (QED) is 0.532. The zero-order valence-corrected chi connectivity index (χ0v) is 18.8. The molecule has 3 aromatic rings. The molecule has 0 spiro atoms. The molecule has 0 radical (unpaired) electrons. The largest absolute Gasteiger partial charge is 0.378 e. The van der Waals surface area contributed by atoms with Crippen LogP contribution >= 0.6 is 27.7 Å². The topological polar surface area (TPSA) is 85.2 Å². The zero-order chi connectivity index (χ0) is 20.9. The van der Waals surface area contributed by atoms with E-state index < -0.39 is 0 Å². The number of aryl methyl sites for hydroxylation is 1. The molecule has 1 aliphatic heterocycles. The molecule has 1 saturated heterocycles. The van der Waals surface area contributed by atoms with Crippen molar-refractivity contribution in [1.82, 2.24) is 19.7 Å². The van der Waals surface area contributed by atoms with E-state index in [2.05, 4.69) is 54.3 Å². The first kappa shape index (κ1) is 20.8. The molecule has 2 aromatic heterocycles. The van der Waals surface area contributed by atoms with Crippen molar-refractivity contribution in [2.75, 3.05) is 42.3 Å². The molecule has 1 N–H and O–H groups in total. The number of thioether (sulfide) groups is 1. The van der Waals surface area contributed by atoms with Crippen molar-refractivity contribution in [2.45, 2.75) is 12.1 Å². The smallest absolute Gasteiger partial charge is 0.236 e. The Balaban J connectivity index is 1.55. The van der Waals surface area contributed by atoms with Gasteiger partial charge in [-0.3, -0.25) is 9.36 Å². The number of amides is 1. The number of ether oxygens (including phenoxy) is 1. The lowest BCUT2D eigenvalue weighted by atomic mass is 10.2. The number of rotatable bonds is 6. The van der Waals surface area contributed by atoms with Crippen LogP contribution in [0.2, 0.25) is 0 Å². The van der Waals surface area contributed by atoms with Gasteiger partial charge in [-0.05, 0) is 46.6 Å². The Hall–Kier alpha value is -2.43. The molecular formula is C20H21BrN6O2S. The lowest BCUT2D eigenvalue weighted by molar-refractivity contribution is -0.113. The molecule has 0 unspecified atom stereocenters. The molecule has 156 valence electrons. The second-order valence-corrected chi connectivity index (χ2v) is 8.56. The van der Waals surface area contributed by atoms with Gasteiger partial charge in [0.15, 0.2) is 5.16 Å². The van der Waals surface area contributed by atoms with E-state index in [4.69, 9.17) is 4.74 Å². The minimum Gasteiger partial charge on any atom is -0.378 e. The van der Waals surface area contributed by atoms with Crippen molar-refractivity contribution < 1.29 is 9.53 Å². The van der Waals surface area contributed by atoms with E-state index >= 15 is 0 Å². The predicted octanol–water partition coefficient (Wildman–Crippen LogP) is 3.30. The summed E-state index contributed by atoms with van der Waals surface area (Å²) in [4.78, 5) is 18.8. The molecule has 1 aliphatic rings. The fourth-order valence-corrected chi connectivity index (χ4v) is 4.08. The molecule has 30 heavy (non-hydrogen) atoms. The average Bonchev–Trinajstić information content (AvgIpc) is 3.18. The highest BCUT2D eigenvalue weighted by atomic mass is 79.9. The van der Waals surface area contributed by atoms with Gasteiger partial charge in [-0.25, -0.2) is 4.98 Å². The van der Waals surface area contributed by atoms with Gasteiger partial charge >= 0.3 is 0 Å². The van der Waals surface area contributed by atoms with E-state index in [0.717, 1.165) is 34.8 Å². The van der Waals surface area contributed by atoms with Gasteiger partial charge in [0.1, 0.15) is 5.82 Å². The summed E-state index contributed by atoms with van der Waals surface area (Å²) in [6.45, 7) is 4.88. The van der Waals surface area contributed by atoms with Gasteiger partial charge < -0.3 is 15.0 Å². The number of aromatic nitrogens is 4. The Labute approximate surface area is 187 Å². The lowest BCUT2D eigenvalue weighted by Gasteiger charge is -2.28. The van der Waals surface area contributed by atoms with Crippen LogP contribution < -0.4 is 10.2 Å². The number of nitrogens with zero attached hydrogens (tertiary/aromatic N) is 5. The SMILES string of the molecule is Cc1ccccc1-n1c(SCC(=O)Nc2ccc(Br)cn2)nnc1N1CCOCC1. The van der Waals surface area contributed by atoms with Crippen LogP contribution in [0.3, 0.4) is 0 Å². The minimum absolute atomic E-state index is 0.151. The van der Waals surface area contributed by atoms with E-state index in [1.165, 1.54) is 11.8 Å². The maximum absolute atomic E-state index is 12.4. The number of anilines is 2. The second-order valence-electron chi connectivity index (χ2n) is 6.70. The summed E-state index contributed by atoms with van der Waals surface area (Å²) in [5, 5.41) is 12.3. The monoisotopic (exact) mass is 488 g/mol. The fraction of sp³-hybridized carbons (Fsp3) is 0.300. The Morgan fingerprint density at radius 3 is 2.73 bits per heavy atom. The van der Waals surface area contributed by atoms with Gasteiger partial charge in [0.25, 0.3) is 0 Å². The second kappa shape index (κ2) is 9.59. The standard InChI is InChI=1S/C20H21BrN6O2S/c1-14-4-2-3-5-16(14)27-19(26-8-10-29-11-9-26)24-25-20(27)30-13-18(28)23-17-7-6-15(21)12-22-17/h2-7,12H,8-11,13H2,1H3,(H,22,23,28). The van der Waals surface area contributed by atoms with Gasteiger partial charge in [0, 0.05) is 23.8 Å². The van der Waals surface area contributed by atoms with Crippen LogP contribution in [0, 0.1) is 6.92 Å². The number of carbonyl (C=O) groups excluding carboxylic acids is 1. The summed E-state index contributed by atoms with van der Waals surface area (Å²) in [5.74, 6) is 1.33. The molecule has 10 heteroatoms. The fourth-order valence-electron chi connectivity index (χ4n) is 3.11. The van der Waals surface area contributed by atoms with Crippen molar-refractivity contribution in [3.63, 3.8) is 0 Å². The first-order valence-corrected chi connectivity index (χ1v) is 11.3. The van der Waals surface area contributed by atoms with Crippen molar-refractivity contribution in [2.24, 2.45) is 0 Å². The molecular weight excluding hydrogens is 468 g/mol. The van der Waals surface area contributed by atoms with Crippen LogP contribution in [0.15, 0.2) is 52.2 Å². The Morgan fingerprint density at radius 1 is 1.20 bits per heavy atom. The highest BCUT2D eigenvalue weighted by Crippen LogP contribution is 2.29. The number of carbonyl (C=O) groups is 1. The predicted molar refractivity (Wildman–Crippen MR) is 120 cm³/mol. The van der Waals surface area contributed by atoms with Crippen LogP contribution in [-0.2, 0) is 9.53 Å². The third-order valence-corrected chi connectivity index (χ3v) is 5.99. The van der Waals surface area contributed by atoms with Gasteiger partial charge in [0.05, 0.1) is 24.7 Å². The number of benzene rings is 1. The number of morpholine rings is 1. The maximum atomic E-state index is 12.4. The number of halogens is 1. The van der Waals surface area contributed by atoms with Crippen LogP contribution in [0.1, 0.15) is 5.56 Å². The van der Waals surface area contributed by atoms with E-state index in [0.29, 0.717) is 24.2 Å². The number of nitrogens with one attached hydrogen (secondary N) is 1. The summed E-state index contributed by atoms with van der Waals surface area (Å²) >= 11 is 4.68. The molecule has 1 aromatic carbocycles. The molecule has 0 saturated carbocycles. The summed E-state index contributed by atoms with van der Waals surface area (Å²) in [6.07, 6.45) is 1.65. The van der Waals surface area contributed by atoms with E-state index in [-0.39, 0.29) is 11.7 Å². The van der Waals surface area contributed by atoms with Crippen LogP contribution in [0.5, 0.6) is 0 Å². The molecule has 0 atom stereocenters.